The molecule has 0 bridgehead atoms. The minimum Gasteiger partial charge on any atom is -0.385 e. The van der Waals surface area contributed by atoms with Gasteiger partial charge in [0.1, 0.15) is 11.9 Å². The van der Waals surface area contributed by atoms with Crippen molar-refractivity contribution in [2.24, 2.45) is 5.73 Å². The van der Waals surface area contributed by atoms with Crippen molar-refractivity contribution in [3.05, 3.63) is 34.9 Å². The summed E-state index contributed by atoms with van der Waals surface area (Å²) in [4.78, 5) is 0. The van der Waals surface area contributed by atoms with Crippen LogP contribution in [0.3, 0.4) is 0 Å². The zero-order chi connectivity index (χ0) is 13.0. The number of amidine groups is 1. The Morgan fingerprint density at radius 2 is 2.33 bits per heavy atom. The van der Waals surface area contributed by atoms with Gasteiger partial charge in [-0.05, 0) is 37.0 Å². The van der Waals surface area contributed by atoms with Crippen LogP contribution in [-0.2, 0) is 9.47 Å². The molecular formula is C13H17ClN2O2. The molecule has 5 heteroatoms. The summed E-state index contributed by atoms with van der Waals surface area (Å²) < 4.78 is 11.3. The first-order valence-corrected chi connectivity index (χ1v) is 6.41. The first-order chi connectivity index (χ1) is 8.66. The van der Waals surface area contributed by atoms with Crippen LogP contribution in [0.15, 0.2) is 24.3 Å². The topological polar surface area (TPSA) is 68.3 Å². The van der Waals surface area contributed by atoms with Crippen LogP contribution in [0.25, 0.3) is 0 Å². The fourth-order valence-electron chi connectivity index (χ4n) is 1.97. The van der Waals surface area contributed by atoms with Gasteiger partial charge in [-0.3, -0.25) is 5.41 Å². The smallest absolute Gasteiger partial charge is 0.159 e. The third-order valence-electron chi connectivity index (χ3n) is 2.86. The normalized spacial score (nSPS) is 21.5. The molecule has 1 aliphatic rings. The molecular weight excluding hydrogens is 252 g/mol. The first kappa shape index (κ1) is 13.3. The number of hydrogen-bond acceptors (Lipinski definition) is 3. The van der Waals surface area contributed by atoms with E-state index in [9.17, 15) is 0 Å². The molecule has 98 valence electrons. The minimum absolute atomic E-state index is 0.0357. The molecule has 0 saturated carbocycles. The standard InChI is InChI=1S/C13H17ClN2O2/c14-10-5-3-4-9(8-10)12(13(15)16)18-11-6-1-2-7-17-11/h3-5,8,11-12H,1-2,6-7H2,(H3,15,16). The van der Waals surface area contributed by atoms with Gasteiger partial charge in [0.05, 0.1) is 0 Å². The summed E-state index contributed by atoms with van der Waals surface area (Å²) in [6, 6.07) is 7.20. The molecule has 2 rings (SSSR count). The van der Waals surface area contributed by atoms with E-state index in [0.717, 1.165) is 24.8 Å². The quantitative estimate of drug-likeness (QED) is 0.652. The van der Waals surface area contributed by atoms with Gasteiger partial charge < -0.3 is 15.2 Å². The Hall–Kier alpha value is -1.10. The van der Waals surface area contributed by atoms with Gasteiger partial charge in [-0.15, -0.1) is 0 Å². The molecule has 1 aromatic carbocycles. The van der Waals surface area contributed by atoms with Crippen LogP contribution in [0.5, 0.6) is 0 Å². The first-order valence-electron chi connectivity index (χ1n) is 6.03. The van der Waals surface area contributed by atoms with Gasteiger partial charge in [0.25, 0.3) is 0 Å². The third-order valence-corrected chi connectivity index (χ3v) is 3.09. The molecule has 4 nitrogen and oxygen atoms in total. The van der Waals surface area contributed by atoms with Gasteiger partial charge in [-0.2, -0.15) is 0 Å². The van der Waals surface area contributed by atoms with E-state index in [1.807, 2.05) is 12.1 Å². The average molecular weight is 269 g/mol. The number of ether oxygens (including phenoxy) is 2. The Kier molecular flexibility index (Phi) is 4.58. The molecule has 1 aliphatic heterocycles. The summed E-state index contributed by atoms with van der Waals surface area (Å²) in [5, 5.41) is 8.24. The van der Waals surface area contributed by atoms with E-state index in [1.54, 1.807) is 12.1 Å². The summed E-state index contributed by atoms with van der Waals surface area (Å²) in [5.41, 5.74) is 6.38. The Balaban J connectivity index is 2.10. The van der Waals surface area contributed by atoms with Crippen molar-refractivity contribution >= 4 is 17.4 Å². The Morgan fingerprint density at radius 1 is 1.50 bits per heavy atom. The Morgan fingerprint density at radius 3 is 2.94 bits per heavy atom. The second-order valence-electron chi connectivity index (χ2n) is 4.32. The van der Waals surface area contributed by atoms with Gasteiger partial charge in [-0.1, -0.05) is 23.7 Å². The molecule has 0 spiro atoms. The highest BCUT2D eigenvalue weighted by atomic mass is 35.5. The van der Waals surface area contributed by atoms with Crippen molar-refractivity contribution in [1.82, 2.24) is 0 Å². The van der Waals surface area contributed by atoms with E-state index in [-0.39, 0.29) is 12.1 Å². The molecule has 3 N–H and O–H groups in total. The van der Waals surface area contributed by atoms with Crippen LogP contribution in [-0.4, -0.2) is 18.7 Å². The third kappa shape index (κ3) is 3.45. The summed E-state index contributed by atoms with van der Waals surface area (Å²) >= 11 is 5.94. The Labute approximate surface area is 112 Å². The van der Waals surface area contributed by atoms with Crippen LogP contribution in [0.1, 0.15) is 30.9 Å². The van der Waals surface area contributed by atoms with E-state index in [2.05, 4.69) is 0 Å². The monoisotopic (exact) mass is 268 g/mol. The second kappa shape index (κ2) is 6.18. The molecule has 0 amide bonds. The molecule has 1 heterocycles. The SMILES string of the molecule is N=C(N)C(OC1CCCCO1)c1cccc(Cl)c1. The molecule has 2 atom stereocenters. The van der Waals surface area contributed by atoms with Crippen LogP contribution < -0.4 is 5.73 Å². The van der Waals surface area contributed by atoms with E-state index in [1.165, 1.54) is 0 Å². The molecule has 1 aromatic rings. The van der Waals surface area contributed by atoms with Crippen molar-refractivity contribution in [2.45, 2.75) is 31.7 Å². The maximum absolute atomic E-state index is 7.63. The van der Waals surface area contributed by atoms with Gasteiger partial charge in [0.15, 0.2) is 6.29 Å². The maximum Gasteiger partial charge on any atom is 0.159 e. The van der Waals surface area contributed by atoms with E-state index >= 15 is 0 Å². The van der Waals surface area contributed by atoms with Crippen LogP contribution in [0.2, 0.25) is 5.02 Å². The predicted octanol–water partition coefficient (Wildman–Crippen LogP) is 2.86. The second-order valence-corrected chi connectivity index (χ2v) is 4.76. The van der Waals surface area contributed by atoms with Crippen molar-refractivity contribution in [3.8, 4) is 0 Å². The molecule has 18 heavy (non-hydrogen) atoms. The van der Waals surface area contributed by atoms with Crippen LogP contribution in [0, 0.1) is 5.41 Å². The zero-order valence-corrected chi connectivity index (χ0v) is 10.8. The largest absolute Gasteiger partial charge is 0.385 e. The van der Waals surface area contributed by atoms with E-state index < -0.39 is 6.10 Å². The summed E-state index contributed by atoms with van der Waals surface area (Å²) in [6.07, 6.45) is 2.09. The fraction of sp³-hybridized carbons (Fsp3) is 0.462. The van der Waals surface area contributed by atoms with E-state index in [4.69, 9.17) is 32.2 Å². The fourth-order valence-corrected chi connectivity index (χ4v) is 2.17. The van der Waals surface area contributed by atoms with Crippen molar-refractivity contribution in [3.63, 3.8) is 0 Å². The maximum atomic E-state index is 7.63. The highest BCUT2D eigenvalue weighted by Crippen LogP contribution is 2.25. The lowest BCUT2D eigenvalue weighted by atomic mass is 10.1. The van der Waals surface area contributed by atoms with Gasteiger partial charge in [0.2, 0.25) is 0 Å². The predicted molar refractivity (Wildman–Crippen MR) is 70.8 cm³/mol. The minimum atomic E-state index is -0.591. The summed E-state index contributed by atoms with van der Waals surface area (Å²) in [5.74, 6) is -0.0357. The van der Waals surface area contributed by atoms with E-state index in [0.29, 0.717) is 11.6 Å². The van der Waals surface area contributed by atoms with Crippen LogP contribution in [0.4, 0.5) is 0 Å². The zero-order valence-electron chi connectivity index (χ0n) is 10.1. The molecule has 0 radical (unpaired) electrons. The van der Waals surface area contributed by atoms with Crippen molar-refractivity contribution < 1.29 is 9.47 Å². The number of benzene rings is 1. The number of hydrogen-bond donors (Lipinski definition) is 2. The molecule has 0 aromatic heterocycles. The highest BCUT2D eigenvalue weighted by molar-refractivity contribution is 6.30. The average Bonchev–Trinajstić information content (AvgIpc) is 2.37. The number of nitrogens with two attached hydrogens (primary N) is 1. The number of rotatable bonds is 4. The lowest BCUT2D eigenvalue weighted by molar-refractivity contribution is -0.176. The summed E-state index contributed by atoms with van der Waals surface area (Å²) in [6.45, 7) is 0.699. The molecule has 0 aliphatic carbocycles. The van der Waals surface area contributed by atoms with Crippen molar-refractivity contribution in [1.29, 1.82) is 5.41 Å². The van der Waals surface area contributed by atoms with Crippen molar-refractivity contribution in [2.75, 3.05) is 6.61 Å². The number of halogens is 1. The molecule has 1 fully saturated rings. The summed E-state index contributed by atoms with van der Waals surface area (Å²) in [7, 11) is 0. The lowest BCUT2D eigenvalue weighted by Gasteiger charge is -2.27. The van der Waals surface area contributed by atoms with Crippen LogP contribution >= 0.6 is 11.6 Å². The lowest BCUT2D eigenvalue weighted by Crippen LogP contribution is -2.30. The van der Waals surface area contributed by atoms with Gasteiger partial charge >= 0.3 is 0 Å². The number of nitrogens with one attached hydrogen (secondary N) is 1. The van der Waals surface area contributed by atoms with Gasteiger partial charge in [0, 0.05) is 11.6 Å². The molecule has 2 unspecified atom stereocenters. The molecule has 1 saturated heterocycles. The highest BCUT2D eigenvalue weighted by Gasteiger charge is 2.23. The Bertz CT molecular complexity index is 419. The van der Waals surface area contributed by atoms with Gasteiger partial charge in [-0.25, -0.2) is 0 Å².